The van der Waals surface area contributed by atoms with E-state index >= 15 is 0 Å². The van der Waals surface area contributed by atoms with Crippen LogP contribution in [0.15, 0.2) is 48.8 Å². The summed E-state index contributed by atoms with van der Waals surface area (Å²) < 4.78 is 0. The summed E-state index contributed by atoms with van der Waals surface area (Å²) in [6.07, 6.45) is 6.69. The zero-order valence-electron chi connectivity index (χ0n) is 14.6. The van der Waals surface area contributed by atoms with E-state index in [1.165, 1.54) is 18.0 Å². The molecule has 2 N–H and O–H groups in total. The van der Waals surface area contributed by atoms with Crippen molar-refractivity contribution in [3.8, 4) is 0 Å². The zero-order valence-corrected chi connectivity index (χ0v) is 14.6. The van der Waals surface area contributed by atoms with E-state index in [0.29, 0.717) is 24.2 Å². The van der Waals surface area contributed by atoms with Crippen LogP contribution in [0.5, 0.6) is 0 Å². The first-order chi connectivity index (χ1) is 12.2. The normalized spacial score (nSPS) is 10.3. The largest absolute Gasteiger partial charge is 0.352 e. The van der Waals surface area contributed by atoms with Gasteiger partial charge in [0.05, 0.1) is 11.1 Å². The molecule has 0 aliphatic heterocycles. The van der Waals surface area contributed by atoms with Gasteiger partial charge >= 0.3 is 0 Å². The van der Waals surface area contributed by atoms with Gasteiger partial charge in [-0.1, -0.05) is 43.7 Å². The maximum atomic E-state index is 12.2. The van der Waals surface area contributed by atoms with Crippen molar-refractivity contribution in [1.82, 2.24) is 15.6 Å². The van der Waals surface area contributed by atoms with Gasteiger partial charge in [-0.3, -0.25) is 14.6 Å². The van der Waals surface area contributed by atoms with Gasteiger partial charge in [-0.25, -0.2) is 0 Å². The van der Waals surface area contributed by atoms with Crippen LogP contribution in [0.3, 0.4) is 0 Å². The Hall–Kier alpha value is -2.69. The number of hydrogen-bond acceptors (Lipinski definition) is 3. The Bertz CT molecular complexity index is 686. The third kappa shape index (κ3) is 6.37. The van der Waals surface area contributed by atoms with E-state index in [0.717, 1.165) is 25.7 Å². The summed E-state index contributed by atoms with van der Waals surface area (Å²) in [5, 5.41) is 5.70. The first-order valence-electron chi connectivity index (χ1n) is 8.76. The molecule has 5 heteroatoms. The second-order valence-electron chi connectivity index (χ2n) is 5.92. The summed E-state index contributed by atoms with van der Waals surface area (Å²) in [5.41, 5.74) is 2.07. The van der Waals surface area contributed by atoms with E-state index in [9.17, 15) is 9.59 Å². The first-order valence-corrected chi connectivity index (χ1v) is 8.76. The van der Waals surface area contributed by atoms with Crippen molar-refractivity contribution in [3.63, 3.8) is 0 Å². The Morgan fingerprint density at radius 3 is 2.12 bits per heavy atom. The predicted molar refractivity (Wildman–Crippen MR) is 98.6 cm³/mol. The minimum Gasteiger partial charge on any atom is -0.352 e. The number of aryl methyl sites for hydroxylation is 1. The summed E-state index contributed by atoms with van der Waals surface area (Å²) in [5.74, 6) is -0.400. The SMILES string of the molecule is CCCCNC(=O)c1cncc(C(=O)NCCCc2ccccc2)c1. The average molecular weight is 339 g/mol. The highest BCUT2D eigenvalue weighted by atomic mass is 16.2. The van der Waals surface area contributed by atoms with Crippen LogP contribution in [0.1, 0.15) is 52.5 Å². The second kappa shape index (κ2) is 10.2. The van der Waals surface area contributed by atoms with Gasteiger partial charge < -0.3 is 10.6 Å². The smallest absolute Gasteiger partial charge is 0.252 e. The summed E-state index contributed by atoms with van der Waals surface area (Å²) in [7, 11) is 0. The van der Waals surface area contributed by atoms with Crippen LogP contribution in [0.2, 0.25) is 0 Å². The predicted octanol–water partition coefficient (Wildman–Crippen LogP) is 2.97. The Balaban J connectivity index is 1.81. The quantitative estimate of drug-likeness (QED) is 0.690. The maximum Gasteiger partial charge on any atom is 0.252 e. The summed E-state index contributed by atoms with van der Waals surface area (Å²) in [4.78, 5) is 28.2. The van der Waals surface area contributed by atoms with Crippen LogP contribution in [-0.4, -0.2) is 29.9 Å². The van der Waals surface area contributed by atoms with Crippen molar-refractivity contribution in [2.45, 2.75) is 32.6 Å². The van der Waals surface area contributed by atoms with Gasteiger partial charge in [-0.15, -0.1) is 0 Å². The number of rotatable bonds is 9. The van der Waals surface area contributed by atoms with E-state index < -0.39 is 0 Å². The molecule has 0 bridgehead atoms. The lowest BCUT2D eigenvalue weighted by Crippen LogP contribution is -2.27. The molecular formula is C20H25N3O2. The minimum atomic E-state index is -0.205. The molecule has 2 rings (SSSR count). The van der Waals surface area contributed by atoms with Gasteiger partial charge in [0.25, 0.3) is 11.8 Å². The van der Waals surface area contributed by atoms with E-state index in [1.807, 2.05) is 18.2 Å². The molecule has 1 aromatic carbocycles. The fourth-order valence-electron chi connectivity index (χ4n) is 2.41. The van der Waals surface area contributed by atoms with Crippen LogP contribution < -0.4 is 10.6 Å². The van der Waals surface area contributed by atoms with Crippen LogP contribution in [-0.2, 0) is 6.42 Å². The topological polar surface area (TPSA) is 71.1 Å². The van der Waals surface area contributed by atoms with Crippen molar-refractivity contribution in [3.05, 3.63) is 65.5 Å². The highest BCUT2D eigenvalue weighted by Crippen LogP contribution is 2.04. The number of carbonyl (C=O) groups is 2. The lowest BCUT2D eigenvalue weighted by atomic mass is 10.1. The molecule has 1 heterocycles. The molecule has 0 spiro atoms. The average Bonchev–Trinajstić information content (AvgIpc) is 2.66. The molecule has 0 atom stereocenters. The number of hydrogen-bond donors (Lipinski definition) is 2. The molecule has 2 amide bonds. The van der Waals surface area contributed by atoms with Crippen molar-refractivity contribution < 1.29 is 9.59 Å². The second-order valence-corrected chi connectivity index (χ2v) is 5.92. The molecule has 0 saturated heterocycles. The minimum absolute atomic E-state index is 0.195. The summed E-state index contributed by atoms with van der Waals surface area (Å²) >= 11 is 0. The van der Waals surface area contributed by atoms with Gasteiger partial charge in [-0.05, 0) is 30.9 Å². The highest BCUT2D eigenvalue weighted by molar-refractivity contribution is 5.99. The molecule has 25 heavy (non-hydrogen) atoms. The Morgan fingerprint density at radius 2 is 1.52 bits per heavy atom. The summed E-state index contributed by atoms with van der Waals surface area (Å²) in [6, 6.07) is 11.7. The molecule has 0 fully saturated rings. The number of unbranched alkanes of at least 4 members (excludes halogenated alkanes) is 1. The number of amides is 2. The van der Waals surface area contributed by atoms with Crippen LogP contribution in [0, 0.1) is 0 Å². The lowest BCUT2D eigenvalue weighted by Gasteiger charge is -2.07. The van der Waals surface area contributed by atoms with Crippen LogP contribution >= 0.6 is 0 Å². The van der Waals surface area contributed by atoms with E-state index in [2.05, 4.69) is 34.7 Å². The Labute approximate surface area is 148 Å². The Kier molecular flexibility index (Phi) is 7.63. The van der Waals surface area contributed by atoms with E-state index in [1.54, 1.807) is 6.07 Å². The van der Waals surface area contributed by atoms with Gasteiger partial charge in [0, 0.05) is 25.5 Å². The lowest BCUT2D eigenvalue weighted by molar-refractivity contribution is 0.0952. The van der Waals surface area contributed by atoms with Crippen LogP contribution in [0.4, 0.5) is 0 Å². The highest BCUT2D eigenvalue weighted by Gasteiger charge is 2.10. The number of benzene rings is 1. The fraction of sp³-hybridized carbons (Fsp3) is 0.350. The number of carbonyl (C=O) groups excluding carboxylic acids is 2. The zero-order chi connectivity index (χ0) is 17.9. The molecule has 0 saturated carbocycles. The number of pyridine rings is 1. The first kappa shape index (κ1) is 18.6. The molecule has 1 aromatic heterocycles. The third-order valence-electron chi connectivity index (χ3n) is 3.85. The van der Waals surface area contributed by atoms with Gasteiger partial charge in [0.15, 0.2) is 0 Å². The summed E-state index contributed by atoms with van der Waals surface area (Å²) in [6.45, 7) is 3.28. The standard InChI is InChI=1S/C20H25N3O2/c1-2-3-11-22-19(24)17-13-18(15-21-14-17)20(25)23-12-7-10-16-8-5-4-6-9-16/h4-6,8-9,13-15H,2-3,7,10-12H2,1H3,(H,22,24)(H,23,25). The van der Waals surface area contributed by atoms with Crippen molar-refractivity contribution in [1.29, 1.82) is 0 Å². The van der Waals surface area contributed by atoms with Crippen molar-refractivity contribution in [2.75, 3.05) is 13.1 Å². The van der Waals surface area contributed by atoms with E-state index in [4.69, 9.17) is 0 Å². The molecule has 2 aromatic rings. The molecule has 0 aliphatic carbocycles. The van der Waals surface area contributed by atoms with Crippen LogP contribution in [0.25, 0.3) is 0 Å². The van der Waals surface area contributed by atoms with Crippen molar-refractivity contribution >= 4 is 11.8 Å². The molecule has 0 aliphatic rings. The maximum absolute atomic E-state index is 12.2. The third-order valence-corrected chi connectivity index (χ3v) is 3.85. The van der Waals surface area contributed by atoms with Gasteiger partial charge in [0.1, 0.15) is 0 Å². The van der Waals surface area contributed by atoms with Gasteiger partial charge in [-0.2, -0.15) is 0 Å². The monoisotopic (exact) mass is 339 g/mol. The number of nitrogens with one attached hydrogen (secondary N) is 2. The molecule has 5 nitrogen and oxygen atoms in total. The fourth-order valence-corrected chi connectivity index (χ4v) is 2.41. The molecule has 132 valence electrons. The molecule has 0 unspecified atom stereocenters. The van der Waals surface area contributed by atoms with Gasteiger partial charge in [0.2, 0.25) is 0 Å². The number of aromatic nitrogens is 1. The Morgan fingerprint density at radius 1 is 0.920 bits per heavy atom. The molecular weight excluding hydrogens is 314 g/mol. The molecule has 0 radical (unpaired) electrons. The van der Waals surface area contributed by atoms with Crippen molar-refractivity contribution in [2.24, 2.45) is 0 Å². The number of nitrogens with zero attached hydrogens (tertiary/aromatic N) is 1. The van der Waals surface area contributed by atoms with E-state index in [-0.39, 0.29) is 11.8 Å².